The van der Waals surface area contributed by atoms with Gasteiger partial charge >= 0.3 is 0 Å². The molecule has 118 valence electrons. The minimum absolute atomic E-state index is 0.201. The predicted molar refractivity (Wildman–Crippen MR) is 84.6 cm³/mol. The highest BCUT2D eigenvalue weighted by Crippen LogP contribution is 2.23. The van der Waals surface area contributed by atoms with E-state index in [1.165, 1.54) is 4.31 Å². The second kappa shape index (κ2) is 7.59. The lowest BCUT2D eigenvalue weighted by atomic mass is 10.3. The van der Waals surface area contributed by atoms with E-state index in [0.29, 0.717) is 24.1 Å². The normalized spacial score (nSPS) is 12.0. The van der Waals surface area contributed by atoms with Crippen molar-refractivity contribution < 1.29 is 12.8 Å². The van der Waals surface area contributed by atoms with Gasteiger partial charge in [-0.15, -0.1) is 13.2 Å². The van der Waals surface area contributed by atoms with E-state index in [0.717, 1.165) is 0 Å². The fraction of sp³-hybridized carbons (Fsp3) is 0.467. The fourth-order valence-corrected chi connectivity index (χ4v) is 3.44. The molecule has 0 amide bonds. The van der Waals surface area contributed by atoms with E-state index >= 15 is 0 Å². The Balaban J connectivity index is 3.06. The van der Waals surface area contributed by atoms with Crippen LogP contribution in [0.15, 0.2) is 40.7 Å². The molecule has 0 bridgehead atoms. The second-order valence-corrected chi connectivity index (χ2v) is 6.97. The molecule has 0 aliphatic rings. The third-order valence-corrected chi connectivity index (χ3v) is 4.83. The van der Waals surface area contributed by atoms with Crippen molar-refractivity contribution in [2.45, 2.75) is 38.3 Å². The molecular formula is C15H24N2O3S. The molecule has 0 aliphatic heterocycles. The zero-order chi connectivity index (χ0) is 16.0. The molecule has 6 heteroatoms. The van der Waals surface area contributed by atoms with E-state index in [1.807, 2.05) is 13.8 Å². The van der Waals surface area contributed by atoms with Crippen molar-refractivity contribution in [3.8, 4) is 0 Å². The highest BCUT2D eigenvalue weighted by molar-refractivity contribution is 7.89. The van der Waals surface area contributed by atoms with E-state index in [-0.39, 0.29) is 18.0 Å². The van der Waals surface area contributed by atoms with Crippen molar-refractivity contribution in [2.75, 3.05) is 13.1 Å². The Morgan fingerprint density at radius 1 is 1.33 bits per heavy atom. The maximum Gasteiger partial charge on any atom is 0.247 e. The number of nitrogens with one attached hydrogen (secondary N) is 1. The summed E-state index contributed by atoms with van der Waals surface area (Å²) in [6, 6.07) is 1.88. The Hall–Kier alpha value is -1.37. The van der Waals surface area contributed by atoms with Gasteiger partial charge in [-0.3, -0.25) is 0 Å². The first-order chi connectivity index (χ1) is 9.82. The first-order valence-electron chi connectivity index (χ1n) is 6.87. The summed E-state index contributed by atoms with van der Waals surface area (Å²) in [6.07, 6.45) is 3.11. The number of hydrogen-bond donors (Lipinski definition) is 1. The van der Waals surface area contributed by atoms with Crippen molar-refractivity contribution in [2.24, 2.45) is 0 Å². The van der Waals surface area contributed by atoms with Gasteiger partial charge in [-0.25, -0.2) is 8.42 Å². The summed E-state index contributed by atoms with van der Waals surface area (Å²) < 4.78 is 32.1. The molecule has 5 nitrogen and oxygen atoms in total. The lowest BCUT2D eigenvalue weighted by Crippen LogP contribution is -2.31. The van der Waals surface area contributed by atoms with Gasteiger partial charge in [0.1, 0.15) is 16.4 Å². The van der Waals surface area contributed by atoms with Crippen LogP contribution in [0.3, 0.4) is 0 Å². The maximum absolute atomic E-state index is 12.6. The molecule has 21 heavy (non-hydrogen) atoms. The van der Waals surface area contributed by atoms with Crippen LogP contribution in [0.1, 0.15) is 25.4 Å². The van der Waals surface area contributed by atoms with Crippen molar-refractivity contribution >= 4 is 10.0 Å². The molecule has 1 aromatic heterocycles. The average molecular weight is 312 g/mol. The van der Waals surface area contributed by atoms with Crippen molar-refractivity contribution in [1.82, 2.24) is 9.62 Å². The first kappa shape index (κ1) is 17.7. The van der Waals surface area contributed by atoms with Crippen LogP contribution < -0.4 is 5.32 Å². The Labute approximate surface area is 127 Å². The van der Waals surface area contributed by atoms with E-state index < -0.39 is 10.0 Å². The lowest BCUT2D eigenvalue weighted by molar-refractivity contribution is 0.440. The van der Waals surface area contributed by atoms with Gasteiger partial charge < -0.3 is 9.73 Å². The third kappa shape index (κ3) is 4.56. The summed E-state index contributed by atoms with van der Waals surface area (Å²) >= 11 is 0. The topological polar surface area (TPSA) is 62.6 Å². The van der Waals surface area contributed by atoms with Gasteiger partial charge in [0.2, 0.25) is 10.0 Å². The molecule has 0 fully saturated rings. The molecule has 1 heterocycles. The molecule has 0 aliphatic carbocycles. The monoisotopic (exact) mass is 312 g/mol. The minimum Gasteiger partial charge on any atom is -0.464 e. The van der Waals surface area contributed by atoms with E-state index in [9.17, 15) is 8.42 Å². The van der Waals surface area contributed by atoms with Gasteiger partial charge in [0.05, 0.1) is 6.54 Å². The van der Waals surface area contributed by atoms with Gasteiger partial charge in [0, 0.05) is 25.2 Å². The number of aryl methyl sites for hydroxylation is 1. The molecule has 0 saturated carbocycles. The van der Waals surface area contributed by atoms with Gasteiger partial charge in [-0.2, -0.15) is 4.31 Å². The molecule has 1 rings (SSSR count). The quantitative estimate of drug-likeness (QED) is 0.712. The van der Waals surface area contributed by atoms with Gasteiger partial charge in [0.15, 0.2) is 0 Å². The molecule has 0 atom stereocenters. The summed E-state index contributed by atoms with van der Waals surface area (Å²) in [5.41, 5.74) is 0. The van der Waals surface area contributed by atoms with Crippen LogP contribution in [-0.4, -0.2) is 31.9 Å². The van der Waals surface area contributed by atoms with Crippen LogP contribution in [0, 0.1) is 6.92 Å². The number of hydrogen-bond acceptors (Lipinski definition) is 4. The first-order valence-corrected chi connectivity index (χ1v) is 8.31. The SMILES string of the molecule is C=CCN(CC=C)S(=O)(=O)c1cc(CNC(C)C)oc1C. The van der Waals surface area contributed by atoms with Crippen LogP contribution in [0.2, 0.25) is 0 Å². The van der Waals surface area contributed by atoms with E-state index in [2.05, 4.69) is 18.5 Å². The second-order valence-electron chi connectivity index (χ2n) is 5.07. The minimum atomic E-state index is -3.60. The Morgan fingerprint density at radius 2 is 1.90 bits per heavy atom. The van der Waals surface area contributed by atoms with Crippen molar-refractivity contribution in [3.63, 3.8) is 0 Å². The number of rotatable bonds is 9. The summed E-state index contributed by atoms with van der Waals surface area (Å²) in [4.78, 5) is 0.201. The molecular weight excluding hydrogens is 288 g/mol. The van der Waals surface area contributed by atoms with Crippen LogP contribution in [0.25, 0.3) is 0 Å². The summed E-state index contributed by atoms with van der Waals surface area (Å²) in [6.45, 7) is 13.8. The maximum atomic E-state index is 12.6. The molecule has 0 saturated heterocycles. The average Bonchev–Trinajstić information content (AvgIpc) is 2.78. The van der Waals surface area contributed by atoms with Crippen LogP contribution in [0.5, 0.6) is 0 Å². The highest BCUT2D eigenvalue weighted by Gasteiger charge is 2.27. The third-order valence-electron chi connectivity index (χ3n) is 2.89. The van der Waals surface area contributed by atoms with Gasteiger partial charge in [0.25, 0.3) is 0 Å². The number of furan rings is 1. The van der Waals surface area contributed by atoms with E-state index in [4.69, 9.17) is 4.42 Å². The lowest BCUT2D eigenvalue weighted by Gasteiger charge is -2.18. The Bertz CT molecular complexity index is 578. The number of nitrogens with zero attached hydrogens (tertiary/aromatic N) is 1. The smallest absolute Gasteiger partial charge is 0.247 e. The molecule has 0 radical (unpaired) electrons. The van der Waals surface area contributed by atoms with Crippen molar-refractivity contribution in [1.29, 1.82) is 0 Å². The number of sulfonamides is 1. The predicted octanol–water partition coefficient (Wildman–Crippen LogP) is 2.45. The largest absolute Gasteiger partial charge is 0.464 e. The molecule has 0 aromatic carbocycles. The standard InChI is InChI=1S/C15H24N2O3S/c1-6-8-17(9-7-2)21(18,19)15-10-14(20-13(15)5)11-16-12(3)4/h6-7,10,12,16H,1-2,8-9,11H2,3-5H3. The zero-order valence-corrected chi connectivity index (χ0v) is 13.7. The van der Waals surface area contributed by atoms with Crippen LogP contribution in [0.4, 0.5) is 0 Å². The van der Waals surface area contributed by atoms with Crippen LogP contribution in [-0.2, 0) is 16.6 Å². The van der Waals surface area contributed by atoms with Gasteiger partial charge in [-0.1, -0.05) is 26.0 Å². The Kier molecular flexibility index (Phi) is 6.39. The summed E-state index contributed by atoms with van der Waals surface area (Å²) in [7, 11) is -3.60. The highest BCUT2D eigenvalue weighted by atomic mass is 32.2. The Morgan fingerprint density at radius 3 is 2.38 bits per heavy atom. The molecule has 0 spiro atoms. The zero-order valence-electron chi connectivity index (χ0n) is 12.9. The van der Waals surface area contributed by atoms with Crippen molar-refractivity contribution in [3.05, 3.63) is 42.9 Å². The molecule has 1 N–H and O–H groups in total. The fourth-order valence-electron chi connectivity index (χ4n) is 1.87. The van der Waals surface area contributed by atoms with Crippen LogP contribution >= 0.6 is 0 Å². The summed E-state index contributed by atoms with van der Waals surface area (Å²) in [5, 5.41) is 3.20. The summed E-state index contributed by atoms with van der Waals surface area (Å²) in [5.74, 6) is 1.01. The molecule has 0 unspecified atom stereocenters. The van der Waals surface area contributed by atoms with E-state index in [1.54, 1.807) is 25.1 Å². The van der Waals surface area contributed by atoms with Gasteiger partial charge in [-0.05, 0) is 6.92 Å². The molecule has 1 aromatic rings.